The van der Waals surface area contributed by atoms with Gasteiger partial charge >= 0.3 is 0 Å². The highest BCUT2D eigenvalue weighted by atomic mass is 16.5. The van der Waals surface area contributed by atoms with Gasteiger partial charge in [-0.2, -0.15) is 0 Å². The summed E-state index contributed by atoms with van der Waals surface area (Å²) in [5.74, 6) is 0. The third kappa shape index (κ3) is 1.20. The molecular formula is C6H14O2. The molecule has 1 rings (SSSR count). The smallest absolute Gasteiger partial charge is 0.111 e. The van der Waals surface area contributed by atoms with E-state index in [0.717, 1.165) is 6.42 Å². The Morgan fingerprint density at radius 1 is 1.62 bits per heavy atom. The Morgan fingerprint density at radius 3 is 2.12 bits per heavy atom. The van der Waals surface area contributed by atoms with E-state index >= 15 is 0 Å². The first kappa shape index (κ1) is 7.92. The molecule has 0 aromatic rings. The maximum atomic E-state index is 9.09. The molecule has 1 N–H and O–H groups in total. The normalized spacial score (nSPS) is 23.2. The van der Waals surface area contributed by atoms with E-state index in [9.17, 15) is 0 Å². The van der Waals surface area contributed by atoms with E-state index in [2.05, 4.69) is 0 Å². The van der Waals surface area contributed by atoms with Crippen molar-refractivity contribution in [2.75, 3.05) is 13.2 Å². The molecule has 1 heterocycles. The van der Waals surface area contributed by atoms with Gasteiger partial charge < -0.3 is 9.84 Å². The van der Waals surface area contributed by atoms with Gasteiger partial charge in [0.25, 0.3) is 0 Å². The molecule has 0 saturated carbocycles. The van der Waals surface area contributed by atoms with E-state index in [1.54, 1.807) is 0 Å². The highest BCUT2D eigenvalue weighted by Crippen LogP contribution is 2.19. The van der Waals surface area contributed by atoms with Crippen molar-refractivity contribution in [2.45, 2.75) is 26.4 Å². The van der Waals surface area contributed by atoms with Crippen LogP contribution in [0.5, 0.6) is 0 Å². The summed E-state index contributed by atoms with van der Waals surface area (Å²) in [6, 6.07) is 0. The molecule has 1 fully saturated rings. The lowest BCUT2D eigenvalue weighted by Gasteiger charge is -2.35. The molecule has 0 atom stereocenters. The highest BCUT2D eigenvalue weighted by molar-refractivity contribution is 4.82. The number of hydrogen-bond acceptors (Lipinski definition) is 2. The molecule has 1 aliphatic rings. The zero-order valence-electron chi connectivity index (χ0n) is 4.48. The lowest BCUT2D eigenvalue weighted by Crippen LogP contribution is -2.48. The molecule has 1 saturated heterocycles. The van der Waals surface area contributed by atoms with Crippen LogP contribution in [0, 0.1) is 0 Å². The predicted molar refractivity (Wildman–Crippen MR) is 32.8 cm³/mol. The van der Waals surface area contributed by atoms with Crippen molar-refractivity contribution >= 4 is 0 Å². The van der Waals surface area contributed by atoms with Gasteiger partial charge in [0.05, 0.1) is 13.2 Å². The number of aliphatic hydroxyl groups is 1. The van der Waals surface area contributed by atoms with Crippen molar-refractivity contribution in [2.24, 2.45) is 0 Å². The Balaban J connectivity index is 0.000000490. The van der Waals surface area contributed by atoms with E-state index in [-0.39, 0.29) is 7.43 Å². The van der Waals surface area contributed by atoms with Gasteiger partial charge in [0.1, 0.15) is 5.60 Å². The summed E-state index contributed by atoms with van der Waals surface area (Å²) in [4.78, 5) is 0. The number of ether oxygens (including phenoxy) is 1. The van der Waals surface area contributed by atoms with E-state index in [1.807, 2.05) is 6.92 Å². The van der Waals surface area contributed by atoms with Crippen LogP contribution >= 0.6 is 0 Å². The minimum atomic E-state index is -0.458. The fourth-order valence-corrected chi connectivity index (χ4v) is 0.542. The van der Waals surface area contributed by atoms with Crippen molar-refractivity contribution < 1.29 is 9.84 Å². The SMILES string of the molecule is C.CCC1(O)COC1. The second-order valence-corrected chi connectivity index (χ2v) is 2.07. The Kier molecular flexibility index (Phi) is 2.44. The van der Waals surface area contributed by atoms with Gasteiger partial charge in [0, 0.05) is 0 Å². The van der Waals surface area contributed by atoms with Crippen LogP contribution in [0.25, 0.3) is 0 Å². The van der Waals surface area contributed by atoms with Crippen LogP contribution in [-0.2, 0) is 4.74 Å². The summed E-state index contributed by atoms with van der Waals surface area (Å²) in [5.41, 5.74) is -0.458. The molecule has 0 aromatic heterocycles. The average molecular weight is 118 g/mol. The molecule has 50 valence electrons. The zero-order valence-corrected chi connectivity index (χ0v) is 4.48. The van der Waals surface area contributed by atoms with Crippen LogP contribution in [0.15, 0.2) is 0 Å². The van der Waals surface area contributed by atoms with Crippen LogP contribution in [0.2, 0.25) is 0 Å². The van der Waals surface area contributed by atoms with Crippen LogP contribution < -0.4 is 0 Å². The maximum absolute atomic E-state index is 9.09. The Hall–Kier alpha value is -0.0800. The number of hydrogen-bond donors (Lipinski definition) is 1. The van der Waals surface area contributed by atoms with Crippen LogP contribution in [0.4, 0.5) is 0 Å². The first-order chi connectivity index (χ1) is 3.27. The largest absolute Gasteiger partial charge is 0.385 e. The second kappa shape index (κ2) is 2.46. The summed E-state index contributed by atoms with van der Waals surface area (Å²) in [5, 5.41) is 9.09. The van der Waals surface area contributed by atoms with Crippen LogP contribution in [0.3, 0.4) is 0 Å². The van der Waals surface area contributed by atoms with Gasteiger partial charge in [0.15, 0.2) is 0 Å². The van der Waals surface area contributed by atoms with Gasteiger partial charge in [-0.25, -0.2) is 0 Å². The first-order valence-corrected chi connectivity index (χ1v) is 2.57. The maximum Gasteiger partial charge on any atom is 0.111 e. The molecule has 0 bridgehead atoms. The van der Waals surface area contributed by atoms with Crippen molar-refractivity contribution in [3.05, 3.63) is 0 Å². The lowest BCUT2D eigenvalue weighted by atomic mass is 10.00. The minimum Gasteiger partial charge on any atom is -0.385 e. The van der Waals surface area contributed by atoms with Crippen LogP contribution in [-0.4, -0.2) is 23.9 Å². The highest BCUT2D eigenvalue weighted by Gasteiger charge is 2.33. The van der Waals surface area contributed by atoms with Gasteiger partial charge in [-0.3, -0.25) is 0 Å². The summed E-state index contributed by atoms with van der Waals surface area (Å²) in [7, 11) is 0. The fourth-order valence-electron chi connectivity index (χ4n) is 0.542. The molecule has 2 nitrogen and oxygen atoms in total. The molecule has 1 aliphatic heterocycles. The average Bonchev–Trinajstić information content (AvgIpc) is 1.61. The molecule has 0 aliphatic carbocycles. The number of rotatable bonds is 1. The monoisotopic (exact) mass is 118 g/mol. The molecule has 0 radical (unpaired) electrons. The molecule has 0 amide bonds. The summed E-state index contributed by atoms with van der Waals surface area (Å²) < 4.78 is 4.78. The van der Waals surface area contributed by atoms with Crippen molar-refractivity contribution in [3.63, 3.8) is 0 Å². The molecule has 2 heteroatoms. The van der Waals surface area contributed by atoms with Crippen molar-refractivity contribution in [1.29, 1.82) is 0 Å². The molecule has 0 spiro atoms. The lowest BCUT2D eigenvalue weighted by molar-refractivity contribution is -0.178. The van der Waals surface area contributed by atoms with E-state index < -0.39 is 5.60 Å². The van der Waals surface area contributed by atoms with Crippen LogP contribution in [0.1, 0.15) is 20.8 Å². The first-order valence-electron chi connectivity index (χ1n) is 2.57. The summed E-state index contributed by atoms with van der Waals surface area (Å²) in [6.45, 7) is 3.02. The Bertz CT molecular complexity index is 61.4. The van der Waals surface area contributed by atoms with E-state index in [0.29, 0.717) is 13.2 Å². The Morgan fingerprint density at radius 2 is 2.12 bits per heavy atom. The van der Waals surface area contributed by atoms with Crippen molar-refractivity contribution in [1.82, 2.24) is 0 Å². The van der Waals surface area contributed by atoms with Gasteiger partial charge in [0.2, 0.25) is 0 Å². The third-order valence-corrected chi connectivity index (χ3v) is 1.40. The molecule has 0 aromatic carbocycles. The van der Waals surface area contributed by atoms with Gasteiger partial charge in [-0.15, -0.1) is 0 Å². The Labute approximate surface area is 50.5 Å². The second-order valence-electron chi connectivity index (χ2n) is 2.07. The predicted octanol–water partition coefficient (Wildman–Crippen LogP) is 0.794. The molecule has 8 heavy (non-hydrogen) atoms. The van der Waals surface area contributed by atoms with E-state index in [1.165, 1.54) is 0 Å². The van der Waals surface area contributed by atoms with E-state index in [4.69, 9.17) is 9.84 Å². The topological polar surface area (TPSA) is 29.5 Å². The van der Waals surface area contributed by atoms with Gasteiger partial charge in [-0.05, 0) is 6.42 Å². The van der Waals surface area contributed by atoms with Crippen molar-refractivity contribution in [3.8, 4) is 0 Å². The van der Waals surface area contributed by atoms with Gasteiger partial charge in [-0.1, -0.05) is 14.4 Å². The zero-order chi connectivity index (χ0) is 5.33. The summed E-state index contributed by atoms with van der Waals surface area (Å²) >= 11 is 0. The molecular weight excluding hydrogens is 104 g/mol. The fraction of sp³-hybridized carbons (Fsp3) is 1.00. The summed E-state index contributed by atoms with van der Waals surface area (Å²) in [6.07, 6.45) is 0.812. The quantitative estimate of drug-likeness (QED) is 0.551. The minimum absolute atomic E-state index is 0. The molecule has 0 unspecified atom stereocenters. The standard InChI is InChI=1S/C5H10O2.CH4/c1-2-5(6)3-7-4-5;/h6H,2-4H2,1H3;1H4. The third-order valence-electron chi connectivity index (χ3n) is 1.40.